The lowest BCUT2D eigenvalue weighted by atomic mass is 10.1. The molecule has 1 unspecified atom stereocenters. The van der Waals surface area contributed by atoms with Gasteiger partial charge < -0.3 is 5.11 Å². The molecule has 2 heteroatoms. The predicted octanol–water partition coefficient (Wildman–Crippen LogP) is 4.77. The van der Waals surface area contributed by atoms with Crippen LogP contribution in [-0.4, -0.2) is 5.11 Å². The first-order valence-corrected chi connectivity index (χ1v) is 8.15. The van der Waals surface area contributed by atoms with Crippen LogP contribution in [-0.2, 0) is 12.8 Å². The molecule has 0 heterocycles. The van der Waals surface area contributed by atoms with Gasteiger partial charge in [-0.3, -0.25) is 0 Å². The summed E-state index contributed by atoms with van der Waals surface area (Å²) in [6.45, 7) is 2.00. The van der Waals surface area contributed by atoms with Gasteiger partial charge in [0.05, 0.1) is 6.10 Å². The number of hydrogen-bond acceptors (Lipinski definition) is 2. The molecule has 2 aromatic rings. The first kappa shape index (κ1) is 13.7. The summed E-state index contributed by atoms with van der Waals surface area (Å²) in [5.74, 6) is 0. The molecule has 3 rings (SSSR count). The largest absolute Gasteiger partial charge is 0.388 e. The summed E-state index contributed by atoms with van der Waals surface area (Å²) in [4.78, 5) is 2.55. The molecule has 0 fully saturated rings. The maximum atomic E-state index is 9.81. The molecular weight excluding hydrogens is 264 g/mol. The molecule has 1 aliphatic carbocycles. The zero-order chi connectivity index (χ0) is 13.9. The molecule has 0 radical (unpaired) electrons. The number of rotatable bonds is 4. The van der Waals surface area contributed by atoms with Crippen LogP contribution in [0.1, 0.15) is 42.6 Å². The van der Waals surface area contributed by atoms with Crippen LogP contribution in [0.2, 0.25) is 0 Å². The van der Waals surface area contributed by atoms with Crippen molar-refractivity contribution in [1.29, 1.82) is 0 Å². The van der Waals surface area contributed by atoms with Crippen LogP contribution in [0.5, 0.6) is 0 Å². The number of fused-ring (bicyclic) bond motifs is 1. The van der Waals surface area contributed by atoms with Gasteiger partial charge in [0.25, 0.3) is 0 Å². The van der Waals surface area contributed by atoms with Gasteiger partial charge in [0.1, 0.15) is 0 Å². The van der Waals surface area contributed by atoms with Crippen LogP contribution < -0.4 is 0 Å². The van der Waals surface area contributed by atoms with Crippen molar-refractivity contribution in [2.24, 2.45) is 0 Å². The lowest BCUT2D eigenvalue weighted by Gasteiger charge is -2.09. The monoisotopic (exact) mass is 284 g/mol. The molecule has 0 saturated carbocycles. The van der Waals surface area contributed by atoms with E-state index in [-0.39, 0.29) is 6.10 Å². The average Bonchev–Trinajstić information content (AvgIpc) is 2.95. The summed E-state index contributed by atoms with van der Waals surface area (Å²) in [6, 6.07) is 15.1. The highest BCUT2D eigenvalue weighted by Crippen LogP contribution is 2.32. The number of aliphatic hydroxyl groups is 1. The summed E-state index contributed by atoms with van der Waals surface area (Å²) >= 11 is 1.80. The quantitative estimate of drug-likeness (QED) is 0.872. The van der Waals surface area contributed by atoms with Gasteiger partial charge in [0, 0.05) is 9.79 Å². The van der Waals surface area contributed by atoms with Crippen molar-refractivity contribution in [3.8, 4) is 0 Å². The van der Waals surface area contributed by atoms with Crippen LogP contribution in [0, 0.1) is 0 Å². The maximum absolute atomic E-state index is 9.81. The second-order valence-corrected chi connectivity index (χ2v) is 6.53. The van der Waals surface area contributed by atoms with Crippen LogP contribution in [0.25, 0.3) is 0 Å². The standard InChI is InChI=1S/C18H20OS/c1-2-18(19)14-7-9-16(10-8-14)20-17-11-6-13-4-3-5-15(13)12-17/h6-12,18-19H,2-5H2,1H3. The molecule has 0 spiro atoms. The van der Waals surface area contributed by atoms with Crippen molar-refractivity contribution in [2.75, 3.05) is 0 Å². The first-order chi connectivity index (χ1) is 9.76. The fourth-order valence-electron chi connectivity index (χ4n) is 2.74. The van der Waals surface area contributed by atoms with E-state index in [0.29, 0.717) is 0 Å². The van der Waals surface area contributed by atoms with Crippen molar-refractivity contribution in [1.82, 2.24) is 0 Å². The second-order valence-electron chi connectivity index (χ2n) is 5.38. The van der Waals surface area contributed by atoms with Crippen LogP contribution >= 0.6 is 11.8 Å². The van der Waals surface area contributed by atoms with E-state index in [0.717, 1.165) is 12.0 Å². The minimum atomic E-state index is -0.339. The van der Waals surface area contributed by atoms with Gasteiger partial charge in [0.15, 0.2) is 0 Å². The Bertz CT molecular complexity index is 589. The van der Waals surface area contributed by atoms with Gasteiger partial charge in [-0.1, -0.05) is 36.9 Å². The number of aliphatic hydroxyl groups excluding tert-OH is 1. The molecule has 1 atom stereocenters. The van der Waals surface area contributed by atoms with Gasteiger partial charge in [0.2, 0.25) is 0 Å². The van der Waals surface area contributed by atoms with E-state index in [1.807, 2.05) is 19.1 Å². The second kappa shape index (κ2) is 6.02. The summed E-state index contributed by atoms with van der Waals surface area (Å²) in [5.41, 5.74) is 4.05. The number of aryl methyl sites for hydroxylation is 2. The molecule has 0 bridgehead atoms. The number of benzene rings is 2. The van der Waals surface area contributed by atoms with Crippen molar-refractivity contribution < 1.29 is 5.11 Å². The van der Waals surface area contributed by atoms with Crippen molar-refractivity contribution >= 4 is 11.8 Å². The zero-order valence-electron chi connectivity index (χ0n) is 11.8. The SMILES string of the molecule is CCC(O)c1ccc(Sc2ccc3c(c2)CCC3)cc1. The summed E-state index contributed by atoms with van der Waals surface area (Å²) in [5, 5.41) is 9.81. The Labute approximate surface area is 125 Å². The normalized spacial score (nSPS) is 15.1. The molecule has 2 aromatic carbocycles. The van der Waals surface area contributed by atoms with E-state index in [2.05, 4.69) is 30.3 Å². The molecule has 104 valence electrons. The van der Waals surface area contributed by atoms with Gasteiger partial charge in [-0.05, 0) is 66.6 Å². The van der Waals surface area contributed by atoms with E-state index in [1.54, 1.807) is 11.8 Å². The predicted molar refractivity (Wildman–Crippen MR) is 84.3 cm³/mol. The van der Waals surface area contributed by atoms with Gasteiger partial charge >= 0.3 is 0 Å². The topological polar surface area (TPSA) is 20.2 Å². The van der Waals surface area contributed by atoms with E-state index in [4.69, 9.17) is 0 Å². The minimum Gasteiger partial charge on any atom is -0.388 e. The highest BCUT2D eigenvalue weighted by Gasteiger charge is 2.11. The van der Waals surface area contributed by atoms with Crippen molar-refractivity contribution in [3.05, 3.63) is 59.2 Å². The van der Waals surface area contributed by atoms with Crippen LogP contribution in [0.15, 0.2) is 52.3 Å². The van der Waals surface area contributed by atoms with E-state index in [9.17, 15) is 5.11 Å². The molecule has 1 N–H and O–H groups in total. The van der Waals surface area contributed by atoms with Crippen LogP contribution in [0.4, 0.5) is 0 Å². The van der Waals surface area contributed by atoms with E-state index < -0.39 is 0 Å². The molecule has 1 aliphatic rings. The van der Waals surface area contributed by atoms with Gasteiger partial charge in [-0.15, -0.1) is 0 Å². The summed E-state index contributed by atoms with van der Waals surface area (Å²) < 4.78 is 0. The molecule has 0 amide bonds. The Balaban J connectivity index is 1.74. The van der Waals surface area contributed by atoms with Crippen LogP contribution in [0.3, 0.4) is 0 Å². The summed E-state index contributed by atoms with van der Waals surface area (Å²) in [6.07, 6.45) is 4.19. The molecule has 0 aromatic heterocycles. The lowest BCUT2D eigenvalue weighted by molar-refractivity contribution is 0.173. The number of hydrogen-bond donors (Lipinski definition) is 1. The molecule has 1 nitrogen and oxygen atoms in total. The third-order valence-corrected chi connectivity index (χ3v) is 4.95. The fraction of sp³-hybridized carbons (Fsp3) is 0.333. The Morgan fingerprint density at radius 1 is 1.00 bits per heavy atom. The summed E-state index contributed by atoms with van der Waals surface area (Å²) in [7, 11) is 0. The zero-order valence-corrected chi connectivity index (χ0v) is 12.6. The third-order valence-electron chi connectivity index (χ3n) is 3.96. The average molecular weight is 284 g/mol. The fourth-order valence-corrected chi connectivity index (χ4v) is 3.62. The molecule has 0 saturated heterocycles. The highest BCUT2D eigenvalue weighted by atomic mass is 32.2. The highest BCUT2D eigenvalue weighted by molar-refractivity contribution is 7.99. The van der Waals surface area contributed by atoms with E-state index in [1.165, 1.54) is 40.2 Å². The van der Waals surface area contributed by atoms with E-state index >= 15 is 0 Å². The molecular formula is C18H20OS. The Kier molecular flexibility index (Phi) is 4.13. The van der Waals surface area contributed by atoms with Gasteiger partial charge in [-0.2, -0.15) is 0 Å². The van der Waals surface area contributed by atoms with Crippen molar-refractivity contribution in [2.45, 2.75) is 48.5 Å². The first-order valence-electron chi connectivity index (χ1n) is 7.34. The Morgan fingerprint density at radius 3 is 2.45 bits per heavy atom. The molecule has 20 heavy (non-hydrogen) atoms. The Hall–Kier alpha value is -1.25. The van der Waals surface area contributed by atoms with Crippen molar-refractivity contribution in [3.63, 3.8) is 0 Å². The minimum absolute atomic E-state index is 0.339. The smallest absolute Gasteiger partial charge is 0.0787 e. The van der Waals surface area contributed by atoms with Gasteiger partial charge in [-0.25, -0.2) is 0 Å². The Morgan fingerprint density at radius 2 is 1.70 bits per heavy atom. The maximum Gasteiger partial charge on any atom is 0.0787 e. The molecule has 0 aliphatic heterocycles. The third kappa shape index (κ3) is 2.92. The lowest BCUT2D eigenvalue weighted by Crippen LogP contribution is -1.94.